The largest absolute Gasteiger partial charge is 0.354 e. The van der Waals surface area contributed by atoms with E-state index in [0.29, 0.717) is 5.69 Å². The first-order chi connectivity index (χ1) is 13.6. The zero-order valence-electron chi connectivity index (χ0n) is 15.8. The van der Waals surface area contributed by atoms with Crippen molar-refractivity contribution >= 4 is 43.5 Å². The van der Waals surface area contributed by atoms with Crippen LogP contribution in [0.5, 0.6) is 0 Å². The van der Waals surface area contributed by atoms with Crippen LogP contribution in [0.3, 0.4) is 0 Å². The Labute approximate surface area is 177 Å². The number of halogens is 2. The molecule has 0 fully saturated rings. The van der Waals surface area contributed by atoms with Gasteiger partial charge >= 0.3 is 0 Å². The van der Waals surface area contributed by atoms with Crippen LogP contribution >= 0.6 is 15.9 Å². The number of hydrogen-bond acceptors (Lipinski definition) is 4. The Morgan fingerprint density at radius 3 is 2.55 bits per heavy atom. The van der Waals surface area contributed by atoms with Gasteiger partial charge in [-0.2, -0.15) is 4.72 Å². The minimum atomic E-state index is -4.20. The van der Waals surface area contributed by atoms with Gasteiger partial charge in [0.1, 0.15) is 10.7 Å². The van der Waals surface area contributed by atoms with Crippen molar-refractivity contribution in [3.8, 4) is 0 Å². The second kappa shape index (κ2) is 9.95. The van der Waals surface area contributed by atoms with E-state index in [9.17, 15) is 22.4 Å². The van der Waals surface area contributed by atoms with E-state index in [0.717, 1.165) is 22.2 Å². The molecule has 0 aliphatic heterocycles. The van der Waals surface area contributed by atoms with Gasteiger partial charge in [-0.15, -0.1) is 0 Å². The highest BCUT2D eigenvalue weighted by Crippen LogP contribution is 2.20. The van der Waals surface area contributed by atoms with Crippen LogP contribution in [0, 0.1) is 12.7 Å². The molecule has 0 aromatic heterocycles. The highest BCUT2D eigenvalue weighted by molar-refractivity contribution is 9.10. The number of amides is 2. The summed E-state index contributed by atoms with van der Waals surface area (Å²) in [5, 5.41) is 5.23. The molecule has 29 heavy (non-hydrogen) atoms. The van der Waals surface area contributed by atoms with Gasteiger partial charge in [0.15, 0.2) is 0 Å². The second-order valence-corrected chi connectivity index (χ2v) is 8.92. The number of nitrogens with one attached hydrogen (secondary N) is 3. The summed E-state index contributed by atoms with van der Waals surface area (Å²) in [6.07, 6.45) is 0.00444. The molecule has 2 rings (SSSR count). The summed E-state index contributed by atoms with van der Waals surface area (Å²) < 4.78 is 41.1. The van der Waals surface area contributed by atoms with Crippen LogP contribution in [0.4, 0.5) is 10.1 Å². The maximum atomic E-state index is 13.7. The van der Waals surface area contributed by atoms with Crippen LogP contribution < -0.4 is 15.4 Å². The molecule has 0 saturated carbocycles. The summed E-state index contributed by atoms with van der Waals surface area (Å²) in [6, 6.07) is 9.21. The lowest BCUT2D eigenvalue weighted by molar-refractivity contribution is -0.122. The minimum absolute atomic E-state index is 0.00444. The maximum absolute atomic E-state index is 13.7. The van der Waals surface area contributed by atoms with Crippen molar-refractivity contribution in [2.45, 2.75) is 31.2 Å². The van der Waals surface area contributed by atoms with Gasteiger partial charge in [-0.1, -0.05) is 34.1 Å². The molecule has 0 saturated heterocycles. The van der Waals surface area contributed by atoms with Gasteiger partial charge in [-0.25, -0.2) is 12.8 Å². The van der Waals surface area contributed by atoms with Crippen LogP contribution in [-0.4, -0.2) is 32.8 Å². The fraction of sp³-hybridized carbons (Fsp3) is 0.263. The van der Waals surface area contributed by atoms with Gasteiger partial charge in [-0.05, 0) is 43.7 Å². The lowest BCUT2D eigenvalue weighted by Gasteiger charge is -2.15. The van der Waals surface area contributed by atoms with Crippen molar-refractivity contribution in [3.63, 3.8) is 0 Å². The molecule has 0 bridgehead atoms. The van der Waals surface area contributed by atoms with Gasteiger partial charge < -0.3 is 10.6 Å². The molecule has 0 aliphatic rings. The van der Waals surface area contributed by atoms with Gasteiger partial charge in [0.25, 0.3) is 0 Å². The highest BCUT2D eigenvalue weighted by atomic mass is 79.9. The Balaban J connectivity index is 1.85. The van der Waals surface area contributed by atoms with Crippen LogP contribution in [0.25, 0.3) is 0 Å². The smallest absolute Gasteiger partial charge is 0.244 e. The first kappa shape index (κ1) is 23.0. The fourth-order valence-corrected chi connectivity index (χ4v) is 4.05. The van der Waals surface area contributed by atoms with E-state index in [2.05, 4.69) is 31.3 Å². The van der Waals surface area contributed by atoms with Crippen molar-refractivity contribution in [2.24, 2.45) is 0 Å². The minimum Gasteiger partial charge on any atom is -0.354 e. The third-order valence-corrected chi connectivity index (χ3v) is 6.04. The zero-order chi connectivity index (χ0) is 21.6. The molecule has 0 heterocycles. The second-order valence-electron chi connectivity index (χ2n) is 6.32. The Kier molecular flexibility index (Phi) is 7.88. The molecule has 0 spiro atoms. The Hall–Kier alpha value is -2.30. The summed E-state index contributed by atoms with van der Waals surface area (Å²) >= 11 is 3.33. The van der Waals surface area contributed by atoms with E-state index in [1.807, 2.05) is 19.1 Å². The molecule has 0 radical (unpaired) electrons. The monoisotopic (exact) mass is 485 g/mol. The predicted molar refractivity (Wildman–Crippen MR) is 111 cm³/mol. The number of rotatable bonds is 8. The molecule has 3 N–H and O–H groups in total. The number of sulfonamides is 1. The first-order valence-corrected chi connectivity index (χ1v) is 11.0. The van der Waals surface area contributed by atoms with Gasteiger partial charge in [0, 0.05) is 23.1 Å². The van der Waals surface area contributed by atoms with Crippen molar-refractivity contribution in [1.29, 1.82) is 0 Å². The maximum Gasteiger partial charge on any atom is 0.244 e. The quantitative estimate of drug-likeness (QED) is 0.534. The van der Waals surface area contributed by atoms with E-state index in [1.54, 1.807) is 6.07 Å². The number of carbonyl (C=O) groups is 2. The fourth-order valence-electron chi connectivity index (χ4n) is 2.41. The molecule has 1 atom stereocenters. The Morgan fingerprint density at radius 2 is 1.86 bits per heavy atom. The summed E-state index contributed by atoms with van der Waals surface area (Å²) in [5.74, 6) is -1.84. The number of benzene rings is 2. The van der Waals surface area contributed by atoms with Crippen LogP contribution in [0.2, 0.25) is 0 Å². The number of carbonyl (C=O) groups excluding carboxylic acids is 2. The number of anilines is 1. The molecule has 2 aromatic rings. The molecule has 7 nitrogen and oxygen atoms in total. The van der Waals surface area contributed by atoms with E-state index < -0.39 is 32.7 Å². The molecule has 2 amide bonds. The van der Waals surface area contributed by atoms with E-state index in [1.165, 1.54) is 19.1 Å². The molecular weight excluding hydrogens is 465 g/mol. The molecule has 0 unspecified atom stereocenters. The lowest BCUT2D eigenvalue weighted by Crippen LogP contribution is -2.45. The van der Waals surface area contributed by atoms with E-state index in [4.69, 9.17) is 0 Å². The number of hydrogen-bond donors (Lipinski definition) is 3. The van der Waals surface area contributed by atoms with Gasteiger partial charge in [0.2, 0.25) is 21.8 Å². The van der Waals surface area contributed by atoms with Crippen LogP contribution in [0.1, 0.15) is 18.9 Å². The van der Waals surface area contributed by atoms with E-state index >= 15 is 0 Å². The van der Waals surface area contributed by atoms with Crippen molar-refractivity contribution in [3.05, 3.63) is 58.3 Å². The summed E-state index contributed by atoms with van der Waals surface area (Å²) in [6.45, 7) is 3.20. The van der Waals surface area contributed by atoms with Crippen molar-refractivity contribution in [1.82, 2.24) is 10.0 Å². The third-order valence-electron chi connectivity index (χ3n) is 3.98. The van der Waals surface area contributed by atoms with Crippen molar-refractivity contribution < 1.29 is 22.4 Å². The summed E-state index contributed by atoms with van der Waals surface area (Å²) in [5.41, 5.74) is 1.54. The average molecular weight is 486 g/mol. The standard InChI is InChI=1S/C19H21BrFN3O4S/c1-12-7-8-14(20)11-16(12)23-18(25)9-10-22-19(26)13(2)24-29(27,28)17-6-4-3-5-15(17)21/h3-8,11,13,24H,9-10H2,1-2H3,(H,22,26)(H,23,25)/t13-/m0/s1. The van der Waals surface area contributed by atoms with Crippen LogP contribution in [-0.2, 0) is 19.6 Å². The average Bonchev–Trinajstić information content (AvgIpc) is 2.64. The first-order valence-electron chi connectivity index (χ1n) is 8.70. The zero-order valence-corrected chi connectivity index (χ0v) is 18.2. The van der Waals surface area contributed by atoms with Gasteiger partial charge in [-0.3, -0.25) is 9.59 Å². The van der Waals surface area contributed by atoms with Crippen molar-refractivity contribution in [2.75, 3.05) is 11.9 Å². The molecule has 10 heteroatoms. The molecule has 156 valence electrons. The summed E-state index contributed by atoms with van der Waals surface area (Å²) in [7, 11) is -4.20. The predicted octanol–water partition coefficient (Wildman–Crippen LogP) is 2.71. The molecular formula is C19H21BrFN3O4S. The Morgan fingerprint density at radius 1 is 1.17 bits per heavy atom. The normalized spacial score (nSPS) is 12.3. The number of aryl methyl sites for hydroxylation is 1. The lowest BCUT2D eigenvalue weighted by atomic mass is 10.2. The van der Waals surface area contributed by atoms with E-state index in [-0.39, 0.29) is 18.9 Å². The summed E-state index contributed by atoms with van der Waals surface area (Å²) in [4.78, 5) is 23.6. The third kappa shape index (κ3) is 6.62. The molecule has 2 aromatic carbocycles. The SMILES string of the molecule is Cc1ccc(Br)cc1NC(=O)CCNC(=O)[C@H](C)NS(=O)(=O)c1ccccc1F. The topological polar surface area (TPSA) is 104 Å². The molecule has 0 aliphatic carbocycles. The van der Waals surface area contributed by atoms with Gasteiger partial charge in [0.05, 0.1) is 6.04 Å². The van der Waals surface area contributed by atoms with Crippen LogP contribution in [0.15, 0.2) is 51.8 Å². The Bertz CT molecular complexity index is 1010. The highest BCUT2D eigenvalue weighted by Gasteiger charge is 2.24.